The van der Waals surface area contributed by atoms with E-state index in [-0.39, 0.29) is 0 Å². The van der Waals surface area contributed by atoms with Crippen LogP contribution in [0.4, 0.5) is 0 Å². The summed E-state index contributed by atoms with van der Waals surface area (Å²) in [6.07, 6.45) is 0. The van der Waals surface area contributed by atoms with Crippen molar-refractivity contribution < 1.29 is 0 Å². The zero-order chi connectivity index (χ0) is 13.3. The SMILES string of the molecule is CCNC(=NCCN(CC)C(C)C)NC(C)C. The number of likely N-dealkylation sites (N-methyl/N-ethyl adjacent to an activating group) is 1. The number of guanidine groups is 1. The fourth-order valence-corrected chi connectivity index (χ4v) is 1.67. The van der Waals surface area contributed by atoms with Gasteiger partial charge in [0.1, 0.15) is 0 Å². The lowest BCUT2D eigenvalue weighted by Crippen LogP contribution is -2.41. The Labute approximate surface area is 107 Å². The molecule has 0 rings (SSSR count). The molecule has 0 fully saturated rings. The molecule has 0 aliphatic carbocycles. The van der Waals surface area contributed by atoms with E-state index in [4.69, 9.17) is 0 Å². The molecule has 17 heavy (non-hydrogen) atoms. The van der Waals surface area contributed by atoms with Gasteiger partial charge in [-0.2, -0.15) is 0 Å². The number of hydrogen-bond donors (Lipinski definition) is 2. The Morgan fingerprint density at radius 3 is 2.24 bits per heavy atom. The molecular weight excluding hydrogens is 212 g/mol. The molecule has 0 aliphatic rings. The van der Waals surface area contributed by atoms with E-state index < -0.39 is 0 Å². The van der Waals surface area contributed by atoms with Crippen molar-refractivity contribution in [3.8, 4) is 0 Å². The molecule has 0 radical (unpaired) electrons. The van der Waals surface area contributed by atoms with Gasteiger partial charge in [-0.05, 0) is 41.2 Å². The van der Waals surface area contributed by atoms with Gasteiger partial charge in [-0.3, -0.25) is 9.89 Å². The third kappa shape index (κ3) is 8.02. The highest BCUT2D eigenvalue weighted by Gasteiger charge is 2.06. The molecule has 0 unspecified atom stereocenters. The van der Waals surface area contributed by atoms with Crippen molar-refractivity contribution in [1.29, 1.82) is 0 Å². The lowest BCUT2D eigenvalue weighted by Gasteiger charge is -2.24. The maximum atomic E-state index is 4.58. The van der Waals surface area contributed by atoms with Crippen LogP contribution in [0.1, 0.15) is 41.5 Å². The number of aliphatic imine (C=N–C) groups is 1. The summed E-state index contributed by atoms with van der Waals surface area (Å²) in [7, 11) is 0. The highest BCUT2D eigenvalue weighted by molar-refractivity contribution is 5.79. The van der Waals surface area contributed by atoms with Crippen molar-refractivity contribution in [3.63, 3.8) is 0 Å². The van der Waals surface area contributed by atoms with Gasteiger partial charge in [-0.15, -0.1) is 0 Å². The smallest absolute Gasteiger partial charge is 0.191 e. The molecule has 0 heterocycles. The highest BCUT2D eigenvalue weighted by atomic mass is 15.2. The molecular formula is C13H30N4. The van der Waals surface area contributed by atoms with Crippen LogP contribution in [0.15, 0.2) is 4.99 Å². The average molecular weight is 242 g/mol. The largest absolute Gasteiger partial charge is 0.357 e. The Bertz CT molecular complexity index is 211. The molecule has 0 saturated carbocycles. The zero-order valence-electron chi connectivity index (χ0n) is 12.4. The average Bonchev–Trinajstić information content (AvgIpc) is 2.23. The van der Waals surface area contributed by atoms with Gasteiger partial charge in [0.2, 0.25) is 0 Å². The lowest BCUT2D eigenvalue weighted by atomic mass is 10.3. The van der Waals surface area contributed by atoms with Gasteiger partial charge >= 0.3 is 0 Å². The normalized spacial score (nSPS) is 12.6. The molecule has 2 N–H and O–H groups in total. The number of nitrogens with zero attached hydrogens (tertiary/aromatic N) is 2. The third-order valence-corrected chi connectivity index (χ3v) is 2.56. The number of rotatable bonds is 7. The summed E-state index contributed by atoms with van der Waals surface area (Å²) in [4.78, 5) is 7.00. The van der Waals surface area contributed by atoms with Crippen molar-refractivity contribution in [2.24, 2.45) is 4.99 Å². The van der Waals surface area contributed by atoms with E-state index in [1.54, 1.807) is 0 Å². The molecule has 0 atom stereocenters. The molecule has 102 valence electrons. The van der Waals surface area contributed by atoms with Gasteiger partial charge in [0.15, 0.2) is 5.96 Å². The molecule has 0 spiro atoms. The minimum Gasteiger partial charge on any atom is -0.357 e. The fourth-order valence-electron chi connectivity index (χ4n) is 1.67. The number of nitrogens with one attached hydrogen (secondary N) is 2. The summed E-state index contributed by atoms with van der Waals surface area (Å²) in [5.74, 6) is 0.919. The minimum atomic E-state index is 0.417. The molecule has 0 saturated heterocycles. The van der Waals surface area contributed by atoms with Crippen LogP contribution in [-0.4, -0.2) is 49.1 Å². The van der Waals surface area contributed by atoms with E-state index in [1.807, 2.05) is 0 Å². The summed E-state index contributed by atoms with van der Waals surface area (Å²) in [6.45, 7) is 16.8. The topological polar surface area (TPSA) is 39.7 Å². The fraction of sp³-hybridized carbons (Fsp3) is 0.923. The van der Waals surface area contributed by atoms with Crippen LogP contribution in [0, 0.1) is 0 Å². The molecule has 0 amide bonds. The van der Waals surface area contributed by atoms with Crippen LogP contribution < -0.4 is 10.6 Å². The Morgan fingerprint density at radius 1 is 1.18 bits per heavy atom. The van der Waals surface area contributed by atoms with Crippen LogP contribution >= 0.6 is 0 Å². The number of hydrogen-bond acceptors (Lipinski definition) is 2. The van der Waals surface area contributed by atoms with Crippen LogP contribution in [-0.2, 0) is 0 Å². The Hall–Kier alpha value is -0.770. The quantitative estimate of drug-likeness (QED) is 0.527. The summed E-state index contributed by atoms with van der Waals surface area (Å²) in [6, 6.07) is 1.01. The van der Waals surface area contributed by atoms with Crippen LogP contribution in [0.5, 0.6) is 0 Å². The predicted octanol–water partition coefficient (Wildman–Crippen LogP) is 1.68. The van der Waals surface area contributed by atoms with Gasteiger partial charge < -0.3 is 10.6 Å². The van der Waals surface area contributed by atoms with E-state index in [0.717, 1.165) is 32.1 Å². The van der Waals surface area contributed by atoms with E-state index in [0.29, 0.717) is 12.1 Å². The van der Waals surface area contributed by atoms with E-state index in [2.05, 4.69) is 62.1 Å². The first-order valence-electron chi connectivity index (χ1n) is 6.80. The first-order chi connectivity index (χ1) is 8.01. The summed E-state index contributed by atoms with van der Waals surface area (Å²) < 4.78 is 0. The minimum absolute atomic E-state index is 0.417. The Morgan fingerprint density at radius 2 is 1.82 bits per heavy atom. The van der Waals surface area contributed by atoms with Crippen LogP contribution in [0.3, 0.4) is 0 Å². The predicted molar refractivity (Wildman–Crippen MR) is 76.6 cm³/mol. The van der Waals surface area contributed by atoms with Crippen molar-refractivity contribution in [2.45, 2.75) is 53.6 Å². The van der Waals surface area contributed by atoms with Gasteiger partial charge in [-0.1, -0.05) is 6.92 Å². The van der Waals surface area contributed by atoms with Crippen molar-refractivity contribution in [2.75, 3.05) is 26.2 Å². The van der Waals surface area contributed by atoms with Crippen LogP contribution in [0.25, 0.3) is 0 Å². The third-order valence-electron chi connectivity index (χ3n) is 2.56. The van der Waals surface area contributed by atoms with Gasteiger partial charge in [-0.25, -0.2) is 0 Å². The summed E-state index contributed by atoms with van der Waals surface area (Å²) in [5, 5.41) is 6.58. The van der Waals surface area contributed by atoms with E-state index in [1.165, 1.54) is 0 Å². The Kier molecular flexibility index (Phi) is 8.86. The molecule has 0 bridgehead atoms. The highest BCUT2D eigenvalue weighted by Crippen LogP contribution is 1.96. The second kappa shape index (κ2) is 9.28. The molecule has 0 aliphatic heterocycles. The summed E-state index contributed by atoms with van der Waals surface area (Å²) >= 11 is 0. The van der Waals surface area contributed by atoms with Crippen molar-refractivity contribution in [1.82, 2.24) is 15.5 Å². The maximum absolute atomic E-state index is 4.58. The summed E-state index contributed by atoms with van der Waals surface area (Å²) in [5.41, 5.74) is 0. The standard InChI is InChI=1S/C13H30N4/c1-7-14-13(16-11(3)4)15-9-10-17(8-2)12(5)6/h11-12H,7-10H2,1-6H3,(H2,14,15,16). The molecule has 4 heteroatoms. The molecule has 0 aromatic rings. The lowest BCUT2D eigenvalue weighted by molar-refractivity contribution is 0.240. The van der Waals surface area contributed by atoms with Crippen molar-refractivity contribution >= 4 is 5.96 Å². The van der Waals surface area contributed by atoms with Crippen LogP contribution in [0.2, 0.25) is 0 Å². The molecule has 0 aromatic carbocycles. The molecule has 0 aromatic heterocycles. The first-order valence-corrected chi connectivity index (χ1v) is 6.80. The van der Waals surface area contributed by atoms with Gasteiger partial charge in [0.05, 0.1) is 6.54 Å². The zero-order valence-corrected chi connectivity index (χ0v) is 12.4. The van der Waals surface area contributed by atoms with Crippen molar-refractivity contribution in [3.05, 3.63) is 0 Å². The maximum Gasteiger partial charge on any atom is 0.191 e. The van der Waals surface area contributed by atoms with E-state index >= 15 is 0 Å². The van der Waals surface area contributed by atoms with Gasteiger partial charge in [0, 0.05) is 25.2 Å². The van der Waals surface area contributed by atoms with Gasteiger partial charge in [0.25, 0.3) is 0 Å². The monoisotopic (exact) mass is 242 g/mol. The molecule has 4 nitrogen and oxygen atoms in total. The Balaban J connectivity index is 4.14. The first kappa shape index (κ1) is 16.2. The van der Waals surface area contributed by atoms with E-state index in [9.17, 15) is 0 Å². The second-order valence-electron chi connectivity index (χ2n) is 4.78. The second-order valence-corrected chi connectivity index (χ2v) is 4.78.